The lowest BCUT2D eigenvalue weighted by Gasteiger charge is -2.12. The lowest BCUT2D eigenvalue weighted by molar-refractivity contribution is 0.0511. The number of carbonyl (C=O) groups is 1. The van der Waals surface area contributed by atoms with Crippen molar-refractivity contribution in [3.63, 3.8) is 0 Å². The molecule has 2 heterocycles. The first-order valence-corrected chi connectivity index (χ1v) is 11.7. The van der Waals surface area contributed by atoms with Crippen molar-refractivity contribution in [2.24, 2.45) is 0 Å². The minimum Gasteiger partial charge on any atom is -0.497 e. The second-order valence-electron chi connectivity index (χ2n) is 7.64. The van der Waals surface area contributed by atoms with E-state index in [9.17, 15) is 4.79 Å². The first-order chi connectivity index (χ1) is 16.5. The van der Waals surface area contributed by atoms with Crippen molar-refractivity contribution in [1.29, 1.82) is 0 Å². The first kappa shape index (κ1) is 25.1. The molecule has 1 aromatic carbocycles. The number of aromatic nitrogens is 3. The van der Waals surface area contributed by atoms with Gasteiger partial charge in [0.1, 0.15) is 5.75 Å². The average Bonchev–Trinajstić information content (AvgIpc) is 3.40. The summed E-state index contributed by atoms with van der Waals surface area (Å²) in [6.07, 6.45) is 3.54. The highest BCUT2D eigenvalue weighted by molar-refractivity contribution is 5.96. The van der Waals surface area contributed by atoms with E-state index in [4.69, 9.17) is 23.4 Å². The molecule has 9 nitrogen and oxygen atoms in total. The number of methoxy groups -OCH3 is 1. The van der Waals surface area contributed by atoms with Crippen LogP contribution in [0.2, 0.25) is 0 Å². The van der Waals surface area contributed by atoms with E-state index in [-0.39, 0.29) is 18.2 Å². The van der Waals surface area contributed by atoms with E-state index in [0.29, 0.717) is 47.7 Å². The Bertz CT molecular complexity index is 1070. The smallest absolute Gasteiger partial charge is 0.359 e. The molecule has 0 saturated heterocycles. The Morgan fingerprint density at radius 1 is 0.971 bits per heavy atom. The van der Waals surface area contributed by atoms with E-state index in [1.807, 2.05) is 24.3 Å². The Kier molecular flexibility index (Phi) is 8.95. The van der Waals surface area contributed by atoms with Gasteiger partial charge in [-0.25, -0.2) is 4.79 Å². The van der Waals surface area contributed by atoms with Gasteiger partial charge in [-0.1, -0.05) is 26.7 Å². The predicted octanol–water partition coefficient (Wildman–Crippen LogP) is 5.38. The zero-order chi connectivity index (χ0) is 24.5. The summed E-state index contributed by atoms with van der Waals surface area (Å²) in [5.41, 5.74) is 1.32. The fourth-order valence-corrected chi connectivity index (χ4v) is 3.39. The van der Waals surface area contributed by atoms with E-state index in [0.717, 1.165) is 25.7 Å². The fraction of sp³-hybridized carbons (Fsp3) is 0.480. The molecule has 34 heavy (non-hydrogen) atoms. The fourth-order valence-electron chi connectivity index (χ4n) is 3.39. The van der Waals surface area contributed by atoms with Crippen molar-refractivity contribution in [2.45, 2.75) is 53.4 Å². The van der Waals surface area contributed by atoms with Crippen LogP contribution >= 0.6 is 0 Å². The van der Waals surface area contributed by atoms with E-state index in [1.54, 1.807) is 25.5 Å². The van der Waals surface area contributed by atoms with Crippen LogP contribution in [0.1, 0.15) is 62.8 Å². The van der Waals surface area contributed by atoms with Gasteiger partial charge >= 0.3 is 5.97 Å². The van der Waals surface area contributed by atoms with Gasteiger partial charge in [-0.15, -0.1) is 10.2 Å². The maximum Gasteiger partial charge on any atom is 0.359 e. The summed E-state index contributed by atoms with van der Waals surface area (Å²) in [6.45, 7) is 8.69. The van der Waals surface area contributed by atoms with Crippen molar-refractivity contribution >= 4 is 5.97 Å². The Morgan fingerprint density at radius 3 is 2.15 bits per heavy atom. The highest BCUT2D eigenvalue weighted by atomic mass is 16.5. The summed E-state index contributed by atoms with van der Waals surface area (Å²) < 4.78 is 30.6. The Hall–Kier alpha value is -3.49. The van der Waals surface area contributed by atoms with Gasteiger partial charge in [-0.05, 0) is 44.0 Å². The lowest BCUT2D eigenvalue weighted by Crippen LogP contribution is -2.14. The van der Waals surface area contributed by atoms with Crippen LogP contribution in [-0.2, 0) is 4.74 Å². The Morgan fingerprint density at radius 2 is 1.62 bits per heavy atom. The highest BCUT2D eigenvalue weighted by Crippen LogP contribution is 2.46. The molecule has 0 saturated carbocycles. The standard InChI is InChI=1S/C25H33N3O6/c1-6-9-15-32-22-20(24-27-26-17(4)34-24)28(18-11-13-19(30-5)14-12-18)21(25(29)31-8-3)23(22)33-16-10-7-2/h11-14H,6-10,15-16H2,1-5H3. The molecule has 0 aliphatic heterocycles. The number of nitrogens with zero attached hydrogens (tertiary/aromatic N) is 3. The molecule has 2 aromatic heterocycles. The van der Waals surface area contributed by atoms with E-state index < -0.39 is 5.97 Å². The summed E-state index contributed by atoms with van der Waals surface area (Å²) in [5.74, 6) is 1.45. The summed E-state index contributed by atoms with van der Waals surface area (Å²) in [7, 11) is 1.60. The quantitative estimate of drug-likeness (QED) is 0.242. The summed E-state index contributed by atoms with van der Waals surface area (Å²) in [5, 5.41) is 8.23. The third-order valence-electron chi connectivity index (χ3n) is 5.10. The molecule has 9 heteroatoms. The minimum atomic E-state index is -0.535. The van der Waals surface area contributed by atoms with E-state index >= 15 is 0 Å². The largest absolute Gasteiger partial charge is 0.497 e. The summed E-state index contributed by atoms with van der Waals surface area (Å²) in [6, 6.07) is 7.28. The van der Waals surface area contributed by atoms with Crippen molar-refractivity contribution in [1.82, 2.24) is 14.8 Å². The normalized spacial score (nSPS) is 10.9. The molecular weight excluding hydrogens is 438 g/mol. The maximum absolute atomic E-state index is 13.3. The molecule has 0 fully saturated rings. The summed E-state index contributed by atoms with van der Waals surface area (Å²) >= 11 is 0. The van der Waals surface area contributed by atoms with Crippen LogP contribution in [0.5, 0.6) is 17.2 Å². The maximum atomic E-state index is 13.3. The number of hydrogen-bond acceptors (Lipinski definition) is 8. The molecule has 0 atom stereocenters. The van der Waals surface area contributed by atoms with Crippen LogP contribution in [0.4, 0.5) is 0 Å². The number of aryl methyl sites for hydroxylation is 1. The Balaban J connectivity index is 2.32. The van der Waals surface area contributed by atoms with Gasteiger partial charge in [0.05, 0.1) is 26.9 Å². The highest BCUT2D eigenvalue weighted by Gasteiger charge is 2.35. The number of ether oxygens (including phenoxy) is 4. The van der Waals surface area contributed by atoms with Crippen molar-refractivity contribution in [2.75, 3.05) is 26.9 Å². The zero-order valence-electron chi connectivity index (χ0n) is 20.6. The van der Waals surface area contributed by atoms with Crippen LogP contribution in [0.15, 0.2) is 28.7 Å². The van der Waals surface area contributed by atoms with Gasteiger partial charge in [0.15, 0.2) is 22.9 Å². The molecule has 184 valence electrons. The van der Waals surface area contributed by atoms with Crippen LogP contribution in [-0.4, -0.2) is 47.7 Å². The van der Waals surface area contributed by atoms with Crippen molar-refractivity contribution in [3.8, 4) is 34.5 Å². The van der Waals surface area contributed by atoms with Gasteiger partial charge in [0.25, 0.3) is 5.89 Å². The van der Waals surface area contributed by atoms with Gasteiger partial charge in [-0.2, -0.15) is 0 Å². The second-order valence-corrected chi connectivity index (χ2v) is 7.64. The number of rotatable bonds is 13. The number of benzene rings is 1. The molecule has 0 radical (unpaired) electrons. The van der Waals surface area contributed by atoms with Gasteiger partial charge in [0.2, 0.25) is 5.89 Å². The summed E-state index contributed by atoms with van der Waals surface area (Å²) in [4.78, 5) is 13.3. The molecular formula is C25H33N3O6. The number of hydrogen-bond donors (Lipinski definition) is 0. The van der Waals surface area contributed by atoms with Crippen molar-refractivity contribution in [3.05, 3.63) is 35.9 Å². The number of unbranched alkanes of at least 4 members (excludes halogenated alkanes) is 2. The molecule has 0 aliphatic rings. The predicted molar refractivity (Wildman–Crippen MR) is 127 cm³/mol. The van der Waals surface area contributed by atoms with Crippen LogP contribution in [0, 0.1) is 6.92 Å². The average molecular weight is 472 g/mol. The van der Waals surface area contributed by atoms with Gasteiger partial charge in [-0.3, -0.25) is 4.57 Å². The second kappa shape index (κ2) is 12.1. The molecule has 0 aliphatic carbocycles. The third-order valence-corrected chi connectivity index (χ3v) is 5.10. The Labute approximate surface area is 200 Å². The molecule has 0 amide bonds. The van der Waals surface area contributed by atoms with Crippen LogP contribution in [0.3, 0.4) is 0 Å². The minimum absolute atomic E-state index is 0.209. The molecule has 0 bridgehead atoms. The lowest BCUT2D eigenvalue weighted by atomic mass is 10.2. The van der Waals surface area contributed by atoms with Crippen LogP contribution in [0.25, 0.3) is 17.3 Å². The third kappa shape index (κ3) is 5.52. The van der Waals surface area contributed by atoms with Crippen molar-refractivity contribution < 1.29 is 28.2 Å². The topological polar surface area (TPSA) is 97.8 Å². The van der Waals surface area contributed by atoms with Gasteiger partial charge < -0.3 is 23.4 Å². The number of carbonyl (C=O) groups excluding carboxylic acids is 1. The van der Waals surface area contributed by atoms with Gasteiger partial charge in [0, 0.05) is 12.6 Å². The number of esters is 1. The first-order valence-electron chi connectivity index (χ1n) is 11.7. The zero-order valence-corrected chi connectivity index (χ0v) is 20.6. The molecule has 0 N–H and O–H groups in total. The van der Waals surface area contributed by atoms with E-state index in [2.05, 4.69) is 24.0 Å². The van der Waals surface area contributed by atoms with E-state index in [1.165, 1.54) is 0 Å². The SMILES string of the molecule is CCCCOc1c(OCCCC)c(-c2nnc(C)o2)n(-c2ccc(OC)cc2)c1C(=O)OCC. The molecule has 3 aromatic rings. The molecule has 0 spiro atoms. The molecule has 0 unspecified atom stereocenters. The molecule has 3 rings (SSSR count). The van der Waals surface area contributed by atoms with Crippen LogP contribution < -0.4 is 14.2 Å². The monoisotopic (exact) mass is 471 g/mol.